The van der Waals surface area contributed by atoms with Gasteiger partial charge >= 0.3 is 0 Å². The quantitative estimate of drug-likeness (QED) is 0.783. The molecule has 0 unspecified atom stereocenters. The van der Waals surface area contributed by atoms with Gasteiger partial charge in [0.05, 0.1) is 5.75 Å². The second-order valence-corrected chi connectivity index (χ2v) is 6.53. The van der Waals surface area contributed by atoms with Gasteiger partial charge in [0.2, 0.25) is 5.91 Å². The van der Waals surface area contributed by atoms with Gasteiger partial charge in [-0.25, -0.2) is 0 Å². The predicted molar refractivity (Wildman–Crippen MR) is 101 cm³/mol. The molecule has 0 saturated heterocycles. The van der Waals surface area contributed by atoms with Gasteiger partial charge in [0.25, 0.3) is 5.91 Å². The molecule has 0 atom stereocenters. The summed E-state index contributed by atoms with van der Waals surface area (Å²) in [6.07, 6.45) is 0. The molecule has 0 spiro atoms. The average molecular weight is 363 g/mol. The number of thioether (sulfide) groups is 1. The Morgan fingerprint density at radius 1 is 1.04 bits per heavy atom. The highest BCUT2D eigenvalue weighted by Crippen LogP contribution is 2.16. The fourth-order valence-electron chi connectivity index (χ4n) is 2.01. The lowest BCUT2D eigenvalue weighted by molar-refractivity contribution is -0.113. The van der Waals surface area contributed by atoms with Crippen LogP contribution in [-0.4, -0.2) is 24.1 Å². The molecule has 0 saturated carbocycles. The van der Waals surface area contributed by atoms with E-state index in [1.54, 1.807) is 36.4 Å². The molecule has 2 aromatic rings. The van der Waals surface area contributed by atoms with Crippen LogP contribution in [0.1, 0.15) is 22.8 Å². The molecular weight excluding hydrogens is 344 g/mol. The van der Waals surface area contributed by atoms with Gasteiger partial charge in [-0.15, -0.1) is 11.8 Å². The van der Waals surface area contributed by atoms with Crippen LogP contribution in [0.15, 0.2) is 48.5 Å². The second-order valence-electron chi connectivity index (χ2n) is 5.10. The van der Waals surface area contributed by atoms with E-state index in [4.69, 9.17) is 11.6 Å². The number of hydrogen-bond acceptors (Lipinski definition) is 3. The van der Waals surface area contributed by atoms with Crippen LogP contribution < -0.4 is 10.6 Å². The summed E-state index contributed by atoms with van der Waals surface area (Å²) in [4.78, 5) is 23.6. The van der Waals surface area contributed by atoms with Crippen molar-refractivity contribution >= 4 is 40.9 Å². The Morgan fingerprint density at radius 2 is 1.71 bits per heavy atom. The normalized spacial score (nSPS) is 10.2. The summed E-state index contributed by atoms with van der Waals surface area (Å²) in [6.45, 7) is 2.50. The van der Waals surface area contributed by atoms with E-state index >= 15 is 0 Å². The first-order valence-corrected chi connectivity index (χ1v) is 9.12. The Balaban J connectivity index is 1.76. The maximum atomic E-state index is 11.9. The van der Waals surface area contributed by atoms with E-state index in [-0.39, 0.29) is 11.8 Å². The van der Waals surface area contributed by atoms with Crippen molar-refractivity contribution in [3.05, 3.63) is 64.7 Å². The van der Waals surface area contributed by atoms with Gasteiger partial charge in [-0.1, -0.05) is 23.7 Å². The Bertz CT molecular complexity index is 687. The SMILES string of the molecule is CCNC(=O)c1ccc(CSCC(=O)Nc2ccc(Cl)cc2)cc1. The Morgan fingerprint density at radius 3 is 2.33 bits per heavy atom. The van der Waals surface area contributed by atoms with Crippen molar-refractivity contribution in [2.45, 2.75) is 12.7 Å². The van der Waals surface area contributed by atoms with Crippen LogP contribution in [0.5, 0.6) is 0 Å². The molecule has 6 heteroatoms. The predicted octanol–water partition coefficient (Wildman–Crippen LogP) is 3.96. The van der Waals surface area contributed by atoms with Crippen LogP contribution in [0.2, 0.25) is 5.02 Å². The smallest absolute Gasteiger partial charge is 0.251 e. The highest BCUT2D eigenvalue weighted by atomic mass is 35.5. The molecule has 4 nitrogen and oxygen atoms in total. The minimum Gasteiger partial charge on any atom is -0.352 e. The lowest BCUT2D eigenvalue weighted by atomic mass is 10.1. The molecule has 2 rings (SSSR count). The fraction of sp³-hybridized carbons (Fsp3) is 0.222. The van der Waals surface area contributed by atoms with Crippen LogP contribution in [-0.2, 0) is 10.5 Å². The van der Waals surface area contributed by atoms with E-state index in [0.29, 0.717) is 28.6 Å². The van der Waals surface area contributed by atoms with E-state index in [1.165, 1.54) is 11.8 Å². The highest BCUT2D eigenvalue weighted by molar-refractivity contribution is 7.99. The van der Waals surface area contributed by atoms with Crippen molar-refractivity contribution in [1.82, 2.24) is 5.32 Å². The minimum absolute atomic E-state index is 0.0544. The fourth-order valence-corrected chi connectivity index (χ4v) is 2.92. The van der Waals surface area contributed by atoms with Crippen molar-refractivity contribution in [2.24, 2.45) is 0 Å². The molecule has 2 N–H and O–H groups in total. The summed E-state index contributed by atoms with van der Waals surface area (Å²) in [7, 11) is 0. The van der Waals surface area contributed by atoms with Crippen LogP contribution in [0, 0.1) is 0 Å². The summed E-state index contributed by atoms with van der Waals surface area (Å²) in [5.41, 5.74) is 2.45. The number of hydrogen-bond donors (Lipinski definition) is 2. The Kier molecular flexibility index (Phi) is 7.15. The number of benzene rings is 2. The zero-order valence-corrected chi connectivity index (χ0v) is 14.9. The van der Waals surface area contributed by atoms with Gasteiger partial charge in [-0.3, -0.25) is 9.59 Å². The second kappa shape index (κ2) is 9.35. The number of anilines is 1. The number of carbonyl (C=O) groups is 2. The lowest BCUT2D eigenvalue weighted by Crippen LogP contribution is -2.22. The average Bonchev–Trinajstić information content (AvgIpc) is 2.58. The molecule has 0 aliphatic carbocycles. The molecule has 126 valence electrons. The number of nitrogens with one attached hydrogen (secondary N) is 2. The maximum absolute atomic E-state index is 11.9. The standard InChI is InChI=1S/C18H19ClN2O2S/c1-2-20-18(23)14-5-3-13(4-6-14)11-24-12-17(22)21-16-9-7-15(19)8-10-16/h3-10H,2,11-12H2,1H3,(H,20,23)(H,21,22). The summed E-state index contributed by atoms with van der Waals surface area (Å²) in [5, 5.41) is 6.22. The summed E-state index contributed by atoms with van der Waals surface area (Å²) >= 11 is 7.33. The maximum Gasteiger partial charge on any atom is 0.251 e. The third kappa shape index (κ3) is 5.91. The van der Waals surface area contributed by atoms with Gasteiger partial charge in [0.1, 0.15) is 0 Å². The monoisotopic (exact) mass is 362 g/mol. The van der Waals surface area contributed by atoms with E-state index in [9.17, 15) is 9.59 Å². The van der Waals surface area contributed by atoms with Gasteiger partial charge in [-0.05, 0) is 48.9 Å². The van der Waals surface area contributed by atoms with Crippen LogP contribution in [0.4, 0.5) is 5.69 Å². The number of carbonyl (C=O) groups excluding carboxylic acids is 2. The van der Waals surface area contributed by atoms with E-state index < -0.39 is 0 Å². The van der Waals surface area contributed by atoms with E-state index in [2.05, 4.69) is 10.6 Å². The van der Waals surface area contributed by atoms with Crippen molar-refractivity contribution in [2.75, 3.05) is 17.6 Å². The van der Waals surface area contributed by atoms with Gasteiger partial charge in [-0.2, -0.15) is 0 Å². The van der Waals surface area contributed by atoms with Crippen molar-refractivity contribution in [3.63, 3.8) is 0 Å². The van der Waals surface area contributed by atoms with E-state index in [0.717, 1.165) is 11.3 Å². The third-order valence-electron chi connectivity index (χ3n) is 3.18. The van der Waals surface area contributed by atoms with Gasteiger partial charge in [0, 0.05) is 28.6 Å². The zero-order valence-electron chi connectivity index (χ0n) is 13.3. The summed E-state index contributed by atoms with van der Waals surface area (Å²) < 4.78 is 0. The molecule has 0 aliphatic heterocycles. The summed E-state index contributed by atoms with van der Waals surface area (Å²) in [5.74, 6) is 0.949. The molecule has 0 bridgehead atoms. The molecule has 2 aromatic carbocycles. The number of amides is 2. The Labute approximate surface area is 151 Å². The number of halogens is 1. The molecule has 0 fully saturated rings. The summed E-state index contributed by atoms with van der Waals surface area (Å²) in [6, 6.07) is 14.4. The van der Waals surface area contributed by atoms with Crippen LogP contribution in [0.25, 0.3) is 0 Å². The first-order valence-electron chi connectivity index (χ1n) is 7.59. The van der Waals surface area contributed by atoms with Crippen molar-refractivity contribution in [1.29, 1.82) is 0 Å². The van der Waals surface area contributed by atoms with Gasteiger partial charge < -0.3 is 10.6 Å². The van der Waals surface area contributed by atoms with Crippen molar-refractivity contribution < 1.29 is 9.59 Å². The molecule has 24 heavy (non-hydrogen) atoms. The van der Waals surface area contributed by atoms with Crippen molar-refractivity contribution in [3.8, 4) is 0 Å². The number of rotatable bonds is 7. The molecule has 0 aliphatic rings. The lowest BCUT2D eigenvalue weighted by Gasteiger charge is -2.06. The molecule has 2 amide bonds. The molecule has 0 aromatic heterocycles. The van der Waals surface area contributed by atoms with E-state index in [1.807, 2.05) is 19.1 Å². The Hall–Kier alpha value is -1.98. The highest BCUT2D eigenvalue weighted by Gasteiger charge is 2.05. The first-order chi connectivity index (χ1) is 11.6. The minimum atomic E-state index is -0.0703. The van der Waals surface area contributed by atoms with Gasteiger partial charge in [0.15, 0.2) is 0 Å². The zero-order chi connectivity index (χ0) is 17.4. The largest absolute Gasteiger partial charge is 0.352 e. The molecule has 0 heterocycles. The first kappa shape index (κ1) is 18.4. The molecular formula is C18H19ClN2O2S. The topological polar surface area (TPSA) is 58.2 Å². The van der Waals surface area contributed by atoms with Crippen LogP contribution in [0.3, 0.4) is 0 Å². The third-order valence-corrected chi connectivity index (χ3v) is 4.44. The van der Waals surface area contributed by atoms with Crippen LogP contribution >= 0.6 is 23.4 Å². The molecule has 0 radical (unpaired) electrons.